The maximum absolute atomic E-state index is 12.4. The molecule has 0 radical (unpaired) electrons. The van der Waals surface area contributed by atoms with Crippen LogP contribution in [0.25, 0.3) is 0 Å². The van der Waals surface area contributed by atoms with Crippen molar-refractivity contribution in [3.05, 3.63) is 59.2 Å². The van der Waals surface area contributed by atoms with Gasteiger partial charge in [-0.15, -0.1) is 0 Å². The van der Waals surface area contributed by atoms with Crippen molar-refractivity contribution in [1.82, 2.24) is 24.9 Å². The van der Waals surface area contributed by atoms with E-state index >= 15 is 0 Å². The lowest BCUT2D eigenvalue weighted by Crippen LogP contribution is -2.60. The van der Waals surface area contributed by atoms with Gasteiger partial charge < -0.3 is 20.2 Å². The SMILES string of the molecule is CCCC(C(=Nc1ccc(CN2CCC(CN(C)C)(c3cccc(O)c3)CC2)cc1C=O)N(C)CC)N1CC(C)NC(C)C1. The third-order valence-corrected chi connectivity index (χ3v) is 9.50. The van der Waals surface area contributed by atoms with E-state index in [9.17, 15) is 9.90 Å². The maximum Gasteiger partial charge on any atom is 0.152 e. The zero-order valence-corrected chi connectivity index (χ0v) is 28.2. The summed E-state index contributed by atoms with van der Waals surface area (Å²) in [4.78, 5) is 27.2. The predicted molar refractivity (Wildman–Crippen MR) is 182 cm³/mol. The van der Waals surface area contributed by atoms with E-state index in [4.69, 9.17) is 4.99 Å². The Kier molecular flexibility index (Phi) is 12.0. The van der Waals surface area contributed by atoms with Crippen LogP contribution < -0.4 is 5.32 Å². The van der Waals surface area contributed by atoms with Gasteiger partial charge in [-0.3, -0.25) is 14.6 Å². The number of likely N-dealkylation sites (N-methyl/N-ethyl adjacent to an activating group) is 2. The summed E-state index contributed by atoms with van der Waals surface area (Å²) >= 11 is 0. The molecule has 2 heterocycles. The molecule has 8 heteroatoms. The second-order valence-corrected chi connectivity index (χ2v) is 13.6. The average molecular weight is 605 g/mol. The first-order chi connectivity index (χ1) is 21.1. The van der Waals surface area contributed by atoms with Gasteiger partial charge in [0.1, 0.15) is 11.6 Å². The number of carbonyl (C=O) groups is 1. The lowest BCUT2D eigenvalue weighted by molar-refractivity contribution is 0.112. The number of nitrogens with one attached hydrogen (secondary N) is 1. The standard InChI is InChI=1S/C36H56N6O2/c1-8-11-34(42-22-27(3)37-28(4)23-42)35(40(7)9-2)38-33-15-14-29(20-30(33)25-43)24-41-18-16-36(17-19-41,26-39(5)6)31-12-10-13-32(44)21-31/h10,12-15,20-21,25,27-28,34,37,44H,8-9,11,16-19,22-24,26H2,1-7H3. The maximum atomic E-state index is 12.4. The fourth-order valence-corrected chi connectivity index (χ4v) is 7.35. The molecule has 2 saturated heterocycles. The highest BCUT2D eigenvalue weighted by Crippen LogP contribution is 2.38. The van der Waals surface area contributed by atoms with Gasteiger partial charge in [-0.2, -0.15) is 0 Å². The Morgan fingerprint density at radius 2 is 1.80 bits per heavy atom. The van der Waals surface area contributed by atoms with Crippen LogP contribution in [-0.2, 0) is 12.0 Å². The van der Waals surface area contributed by atoms with Gasteiger partial charge in [-0.25, -0.2) is 4.99 Å². The number of benzene rings is 2. The highest BCUT2D eigenvalue weighted by Gasteiger charge is 2.37. The van der Waals surface area contributed by atoms with Gasteiger partial charge in [0.15, 0.2) is 6.29 Å². The molecule has 2 aromatic carbocycles. The Morgan fingerprint density at radius 1 is 1.09 bits per heavy atom. The highest BCUT2D eigenvalue weighted by atomic mass is 16.3. The van der Waals surface area contributed by atoms with Crippen molar-refractivity contribution < 1.29 is 9.90 Å². The summed E-state index contributed by atoms with van der Waals surface area (Å²) in [7, 11) is 6.37. The zero-order chi connectivity index (χ0) is 31.9. The van der Waals surface area contributed by atoms with Crippen LogP contribution in [0, 0.1) is 0 Å². The number of aldehydes is 1. The topological polar surface area (TPSA) is 74.7 Å². The summed E-state index contributed by atoms with van der Waals surface area (Å²) in [6.07, 6.45) is 5.11. The average Bonchev–Trinajstić information content (AvgIpc) is 2.99. The minimum absolute atomic E-state index is 0.0159. The van der Waals surface area contributed by atoms with Gasteiger partial charge in [-0.1, -0.05) is 31.5 Å². The van der Waals surface area contributed by atoms with E-state index in [0.717, 1.165) is 94.9 Å². The van der Waals surface area contributed by atoms with Gasteiger partial charge >= 0.3 is 0 Å². The van der Waals surface area contributed by atoms with E-state index in [1.54, 1.807) is 6.07 Å². The fourth-order valence-electron chi connectivity index (χ4n) is 7.35. The molecule has 2 aliphatic heterocycles. The van der Waals surface area contributed by atoms with E-state index in [1.165, 1.54) is 5.56 Å². The second kappa shape index (κ2) is 15.5. The number of carbonyl (C=O) groups excluding carboxylic acids is 1. The van der Waals surface area contributed by atoms with Crippen molar-refractivity contribution in [2.75, 3.05) is 60.4 Å². The van der Waals surface area contributed by atoms with Gasteiger partial charge in [0.25, 0.3) is 0 Å². The fraction of sp³-hybridized carbons (Fsp3) is 0.611. The molecule has 44 heavy (non-hydrogen) atoms. The van der Waals surface area contributed by atoms with Crippen molar-refractivity contribution >= 4 is 17.8 Å². The van der Waals surface area contributed by atoms with Gasteiger partial charge in [0, 0.05) is 62.8 Å². The van der Waals surface area contributed by atoms with Crippen LogP contribution in [0.5, 0.6) is 5.75 Å². The molecule has 0 amide bonds. The number of amidine groups is 1. The molecule has 2 aliphatic rings. The molecule has 242 valence electrons. The van der Waals surface area contributed by atoms with Crippen LogP contribution in [0.4, 0.5) is 5.69 Å². The smallest absolute Gasteiger partial charge is 0.152 e. The monoisotopic (exact) mass is 604 g/mol. The summed E-state index contributed by atoms with van der Waals surface area (Å²) < 4.78 is 0. The molecule has 0 bridgehead atoms. The molecular weight excluding hydrogens is 548 g/mol. The summed E-state index contributed by atoms with van der Waals surface area (Å²) in [6.45, 7) is 15.4. The Labute approximate surface area is 266 Å². The van der Waals surface area contributed by atoms with Gasteiger partial charge in [0.05, 0.1) is 11.7 Å². The van der Waals surface area contributed by atoms with E-state index in [2.05, 4.69) is 85.9 Å². The van der Waals surface area contributed by atoms with E-state index in [-0.39, 0.29) is 11.5 Å². The van der Waals surface area contributed by atoms with Crippen molar-refractivity contribution in [3.8, 4) is 5.75 Å². The lowest BCUT2D eigenvalue weighted by Gasteiger charge is -2.44. The number of aromatic hydroxyl groups is 1. The van der Waals surface area contributed by atoms with Gasteiger partial charge in [-0.05, 0) is 103 Å². The third kappa shape index (κ3) is 8.47. The summed E-state index contributed by atoms with van der Waals surface area (Å²) in [6, 6.07) is 15.1. The minimum atomic E-state index is 0.0159. The molecule has 4 rings (SSSR count). The molecule has 8 nitrogen and oxygen atoms in total. The highest BCUT2D eigenvalue weighted by molar-refractivity contribution is 5.92. The number of hydrogen-bond donors (Lipinski definition) is 2. The molecule has 2 aromatic rings. The quantitative estimate of drug-likeness (QED) is 0.198. The molecule has 3 unspecified atom stereocenters. The second-order valence-electron chi connectivity index (χ2n) is 13.6. The number of aliphatic imine (C=N–C) groups is 1. The summed E-state index contributed by atoms with van der Waals surface area (Å²) in [5, 5.41) is 13.8. The van der Waals surface area contributed by atoms with Crippen molar-refractivity contribution in [3.63, 3.8) is 0 Å². The molecule has 0 aromatic heterocycles. The molecule has 0 saturated carbocycles. The largest absolute Gasteiger partial charge is 0.508 e. The summed E-state index contributed by atoms with van der Waals surface area (Å²) in [5.41, 5.74) is 3.78. The number of piperidine rings is 1. The van der Waals surface area contributed by atoms with Crippen molar-refractivity contribution in [2.45, 2.75) is 83.5 Å². The Hall–Kier alpha value is -2.78. The van der Waals surface area contributed by atoms with Crippen LogP contribution in [-0.4, -0.2) is 115 Å². The van der Waals surface area contributed by atoms with Crippen LogP contribution in [0.15, 0.2) is 47.5 Å². The van der Waals surface area contributed by atoms with E-state index in [1.807, 2.05) is 24.3 Å². The van der Waals surface area contributed by atoms with Crippen LogP contribution >= 0.6 is 0 Å². The minimum Gasteiger partial charge on any atom is -0.508 e. The Morgan fingerprint density at radius 3 is 2.39 bits per heavy atom. The van der Waals surface area contributed by atoms with Crippen LogP contribution in [0.1, 0.15) is 74.9 Å². The Balaban J connectivity index is 1.54. The van der Waals surface area contributed by atoms with Crippen molar-refractivity contribution in [2.24, 2.45) is 4.99 Å². The molecular formula is C36H56N6O2. The van der Waals surface area contributed by atoms with E-state index < -0.39 is 0 Å². The number of phenolic OH excluding ortho intramolecular Hbond substituents is 1. The first-order valence-electron chi connectivity index (χ1n) is 16.6. The predicted octanol–water partition coefficient (Wildman–Crippen LogP) is 5.13. The normalized spacial score (nSPS) is 22.2. The van der Waals surface area contributed by atoms with Crippen molar-refractivity contribution in [1.29, 1.82) is 0 Å². The summed E-state index contributed by atoms with van der Waals surface area (Å²) in [5.74, 6) is 1.38. The first kappa shape index (κ1) is 34.1. The van der Waals surface area contributed by atoms with Gasteiger partial charge in [0.2, 0.25) is 0 Å². The zero-order valence-electron chi connectivity index (χ0n) is 28.2. The van der Waals surface area contributed by atoms with E-state index in [0.29, 0.717) is 23.4 Å². The molecule has 2 N–H and O–H groups in total. The lowest BCUT2D eigenvalue weighted by atomic mass is 9.72. The molecule has 0 spiro atoms. The van der Waals surface area contributed by atoms with Crippen LogP contribution in [0.2, 0.25) is 0 Å². The Bertz CT molecular complexity index is 1240. The number of rotatable bonds is 12. The first-order valence-corrected chi connectivity index (χ1v) is 16.6. The number of piperazine rings is 1. The number of nitrogens with zero attached hydrogens (tertiary/aromatic N) is 5. The van der Waals surface area contributed by atoms with Crippen LogP contribution in [0.3, 0.4) is 0 Å². The number of likely N-dealkylation sites (tertiary alicyclic amines) is 1. The third-order valence-electron chi connectivity index (χ3n) is 9.50. The molecule has 0 aliphatic carbocycles. The molecule has 3 atom stereocenters. The number of phenols is 1. The molecule has 2 fully saturated rings. The number of hydrogen-bond acceptors (Lipinski definition) is 7.